The zero-order valence-corrected chi connectivity index (χ0v) is 11.0. The Morgan fingerprint density at radius 2 is 2.24 bits per heavy atom. The molecule has 0 aromatic carbocycles. The molecule has 17 heavy (non-hydrogen) atoms. The normalized spacial score (nSPS) is 33.5. The Hall–Kier alpha value is -0.890. The second-order valence-corrected chi connectivity index (χ2v) is 6.05. The molecule has 0 aliphatic heterocycles. The van der Waals surface area contributed by atoms with Crippen LogP contribution in [-0.2, 0) is 4.79 Å². The first-order valence-electron chi connectivity index (χ1n) is 6.53. The highest BCUT2D eigenvalue weighted by atomic mass is 16.3. The van der Waals surface area contributed by atoms with Crippen molar-refractivity contribution in [3.63, 3.8) is 0 Å². The van der Waals surface area contributed by atoms with E-state index in [2.05, 4.69) is 26.8 Å². The van der Waals surface area contributed by atoms with Crippen LogP contribution in [0.3, 0.4) is 0 Å². The predicted octanol–water partition coefficient (Wildman–Crippen LogP) is 3.02. The Balaban J connectivity index is 2.47. The monoisotopic (exact) mass is 234 g/mol. The van der Waals surface area contributed by atoms with Crippen molar-refractivity contribution in [3.05, 3.63) is 22.8 Å². The fraction of sp³-hybridized carbons (Fsp3) is 0.667. The minimum atomic E-state index is -0.349. The van der Waals surface area contributed by atoms with Crippen LogP contribution in [-0.4, -0.2) is 17.5 Å². The molecular weight excluding hydrogens is 212 g/mol. The maximum atomic E-state index is 11.2. The summed E-state index contributed by atoms with van der Waals surface area (Å²) >= 11 is 0. The quantitative estimate of drug-likeness (QED) is 0.746. The third-order valence-corrected chi connectivity index (χ3v) is 4.32. The average molecular weight is 234 g/mol. The summed E-state index contributed by atoms with van der Waals surface area (Å²) < 4.78 is 0. The van der Waals surface area contributed by atoms with Crippen molar-refractivity contribution in [1.82, 2.24) is 0 Å². The van der Waals surface area contributed by atoms with E-state index in [4.69, 9.17) is 0 Å². The van der Waals surface area contributed by atoms with Crippen molar-refractivity contribution in [2.45, 2.75) is 52.6 Å². The minimum Gasteiger partial charge on any atom is -0.393 e. The molecule has 0 saturated heterocycles. The van der Waals surface area contributed by atoms with Crippen LogP contribution in [0.25, 0.3) is 0 Å². The molecule has 0 aromatic heterocycles. The second kappa shape index (κ2) is 4.41. The molecule has 1 N–H and O–H groups in total. The number of aliphatic hydroxyl groups is 1. The van der Waals surface area contributed by atoms with E-state index in [0.29, 0.717) is 12.3 Å². The highest BCUT2D eigenvalue weighted by Crippen LogP contribution is 2.49. The lowest BCUT2D eigenvalue weighted by atomic mass is 9.63. The van der Waals surface area contributed by atoms with E-state index >= 15 is 0 Å². The summed E-state index contributed by atoms with van der Waals surface area (Å²) in [6.07, 6.45) is 6.28. The molecular formula is C15H22O2. The van der Waals surface area contributed by atoms with Crippen LogP contribution in [0.1, 0.15) is 46.5 Å². The van der Waals surface area contributed by atoms with Crippen molar-refractivity contribution in [3.8, 4) is 0 Å². The maximum Gasteiger partial charge on any atom is 0.146 e. The van der Waals surface area contributed by atoms with Crippen LogP contribution in [0.4, 0.5) is 0 Å². The lowest BCUT2D eigenvalue weighted by Crippen LogP contribution is -2.34. The lowest BCUT2D eigenvalue weighted by molar-refractivity contribution is -0.105. The first kappa shape index (κ1) is 12.6. The van der Waals surface area contributed by atoms with E-state index in [0.717, 1.165) is 31.1 Å². The van der Waals surface area contributed by atoms with Gasteiger partial charge in [0.15, 0.2) is 0 Å². The number of fused-ring (bicyclic) bond motifs is 1. The van der Waals surface area contributed by atoms with E-state index in [1.54, 1.807) is 0 Å². The number of hydrogen-bond donors (Lipinski definition) is 1. The number of carbonyl (C=O) groups excluding carboxylic acids is 1. The molecule has 0 aromatic rings. The molecule has 0 spiro atoms. The zero-order valence-electron chi connectivity index (χ0n) is 11.0. The molecule has 2 atom stereocenters. The predicted molar refractivity (Wildman–Crippen MR) is 68.6 cm³/mol. The Bertz CT molecular complexity index is 390. The van der Waals surface area contributed by atoms with E-state index in [9.17, 15) is 9.90 Å². The number of aldehydes is 1. The molecule has 0 amide bonds. The van der Waals surface area contributed by atoms with Crippen molar-refractivity contribution in [1.29, 1.82) is 0 Å². The van der Waals surface area contributed by atoms with Crippen LogP contribution in [0.5, 0.6) is 0 Å². The third kappa shape index (κ3) is 2.23. The average Bonchev–Trinajstić information content (AvgIpc) is 2.25. The second-order valence-electron chi connectivity index (χ2n) is 6.05. The molecule has 2 heteroatoms. The summed E-state index contributed by atoms with van der Waals surface area (Å²) in [5, 5.41) is 9.88. The Labute approximate surface area is 103 Å². The molecule has 2 rings (SSSR count). The SMILES string of the molecule is CC(C)C1=CC2=C(C=O)CC(O)CC2(C)CC1. The number of rotatable bonds is 2. The Kier molecular flexibility index (Phi) is 3.26. The first-order valence-corrected chi connectivity index (χ1v) is 6.53. The van der Waals surface area contributed by atoms with Crippen molar-refractivity contribution < 1.29 is 9.90 Å². The van der Waals surface area contributed by atoms with Crippen LogP contribution >= 0.6 is 0 Å². The zero-order chi connectivity index (χ0) is 12.6. The molecule has 0 saturated carbocycles. The summed E-state index contributed by atoms with van der Waals surface area (Å²) in [6.45, 7) is 6.59. The summed E-state index contributed by atoms with van der Waals surface area (Å²) in [5.41, 5.74) is 3.44. The van der Waals surface area contributed by atoms with Gasteiger partial charge in [-0.05, 0) is 41.7 Å². The number of hydrogen-bond acceptors (Lipinski definition) is 2. The Morgan fingerprint density at radius 1 is 1.53 bits per heavy atom. The first-order chi connectivity index (χ1) is 7.96. The van der Waals surface area contributed by atoms with Crippen molar-refractivity contribution >= 4 is 6.29 Å². The van der Waals surface area contributed by atoms with Gasteiger partial charge in [0, 0.05) is 6.42 Å². The number of carbonyl (C=O) groups is 1. The van der Waals surface area contributed by atoms with Gasteiger partial charge in [-0.3, -0.25) is 4.79 Å². The van der Waals surface area contributed by atoms with Gasteiger partial charge in [-0.1, -0.05) is 32.4 Å². The molecule has 2 aliphatic carbocycles. The molecule has 2 aliphatic rings. The van der Waals surface area contributed by atoms with Gasteiger partial charge < -0.3 is 5.11 Å². The van der Waals surface area contributed by atoms with Gasteiger partial charge in [-0.15, -0.1) is 0 Å². The lowest BCUT2D eigenvalue weighted by Gasteiger charge is -2.42. The highest BCUT2D eigenvalue weighted by Gasteiger charge is 2.39. The van der Waals surface area contributed by atoms with E-state index in [-0.39, 0.29) is 11.5 Å². The van der Waals surface area contributed by atoms with Crippen LogP contribution in [0.2, 0.25) is 0 Å². The standard InChI is InChI=1S/C15H22O2/c1-10(2)11-4-5-15(3)8-13(17)6-12(9-16)14(15)7-11/h7,9-10,13,17H,4-6,8H2,1-3H3. The minimum absolute atomic E-state index is 0.00625. The van der Waals surface area contributed by atoms with Crippen LogP contribution < -0.4 is 0 Å². The van der Waals surface area contributed by atoms with E-state index in [1.807, 2.05) is 0 Å². The van der Waals surface area contributed by atoms with Gasteiger partial charge in [-0.2, -0.15) is 0 Å². The number of aliphatic hydroxyl groups excluding tert-OH is 1. The highest BCUT2D eigenvalue weighted by molar-refractivity contribution is 5.77. The van der Waals surface area contributed by atoms with Gasteiger partial charge in [0.25, 0.3) is 0 Å². The largest absolute Gasteiger partial charge is 0.393 e. The van der Waals surface area contributed by atoms with Crippen LogP contribution in [0.15, 0.2) is 22.8 Å². The fourth-order valence-electron chi connectivity index (χ4n) is 3.20. The Morgan fingerprint density at radius 3 is 2.82 bits per heavy atom. The molecule has 0 radical (unpaired) electrons. The van der Waals surface area contributed by atoms with Gasteiger partial charge in [0.1, 0.15) is 6.29 Å². The molecule has 0 bridgehead atoms. The van der Waals surface area contributed by atoms with Gasteiger partial charge in [-0.25, -0.2) is 0 Å². The van der Waals surface area contributed by atoms with E-state index in [1.165, 1.54) is 11.1 Å². The fourth-order valence-corrected chi connectivity index (χ4v) is 3.20. The molecule has 2 unspecified atom stereocenters. The van der Waals surface area contributed by atoms with Gasteiger partial charge in [0.2, 0.25) is 0 Å². The summed E-state index contributed by atoms with van der Waals surface area (Å²) in [6, 6.07) is 0. The van der Waals surface area contributed by atoms with Crippen molar-refractivity contribution in [2.24, 2.45) is 11.3 Å². The summed E-state index contributed by atoms with van der Waals surface area (Å²) in [4.78, 5) is 11.2. The van der Waals surface area contributed by atoms with E-state index < -0.39 is 0 Å². The number of allylic oxidation sites excluding steroid dienone is 3. The maximum absolute atomic E-state index is 11.2. The van der Waals surface area contributed by atoms with Gasteiger partial charge >= 0.3 is 0 Å². The van der Waals surface area contributed by atoms with Crippen LogP contribution in [0, 0.1) is 11.3 Å². The molecule has 2 nitrogen and oxygen atoms in total. The topological polar surface area (TPSA) is 37.3 Å². The molecule has 94 valence electrons. The third-order valence-electron chi connectivity index (χ3n) is 4.32. The van der Waals surface area contributed by atoms with Crippen molar-refractivity contribution in [2.75, 3.05) is 0 Å². The summed E-state index contributed by atoms with van der Waals surface area (Å²) in [7, 11) is 0. The molecule has 0 fully saturated rings. The summed E-state index contributed by atoms with van der Waals surface area (Å²) in [5.74, 6) is 0.548. The molecule has 0 heterocycles. The van der Waals surface area contributed by atoms with Gasteiger partial charge in [0.05, 0.1) is 6.10 Å². The smallest absolute Gasteiger partial charge is 0.146 e.